The van der Waals surface area contributed by atoms with Gasteiger partial charge in [0, 0.05) is 11.6 Å². The topological polar surface area (TPSA) is 86.5 Å². The molecule has 0 fully saturated rings. The molecule has 1 aromatic rings. The van der Waals surface area contributed by atoms with Crippen LogP contribution >= 0.6 is 0 Å². The summed E-state index contributed by atoms with van der Waals surface area (Å²) in [6.07, 6.45) is 0.467. The van der Waals surface area contributed by atoms with Crippen molar-refractivity contribution in [2.45, 2.75) is 11.8 Å². The van der Waals surface area contributed by atoms with Crippen LogP contribution in [-0.4, -0.2) is 21.8 Å². The van der Waals surface area contributed by atoms with E-state index in [1.165, 1.54) is 13.2 Å². The van der Waals surface area contributed by atoms with Crippen molar-refractivity contribution in [1.29, 1.82) is 0 Å². The average Bonchev–Trinajstić information content (AvgIpc) is 2.15. The Morgan fingerprint density at radius 1 is 1.40 bits per heavy atom. The van der Waals surface area contributed by atoms with Gasteiger partial charge in [-0.2, -0.15) is 0 Å². The third-order valence-corrected chi connectivity index (χ3v) is 2.93. The predicted octanol–water partition coefficient (Wildman–Crippen LogP) is 0.464. The van der Waals surface area contributed by atoms with Gasteiger partial charge in [0.25, 0.3) is 0 Å². The van der Waals surface area contributed by atoms with Crippen LogP contribution in [0.25, 0.3) is 0 Å². The van der Waals surface area contributed by atoms with Gasteiger partial charge in [-0.15, -0.1) is 0 Å². The number of nitrogens with two attached hydrogens (primary N) is 1. The van der Waals surface area contributed by atoms with E-state index >= 15 is 0 Å². The van der Waals surface area contributed by atoms with Gasteiger partial charge < -0.3 is 4.74 Å². The molecule has 82 valence electrons. The number of sulfonamides is 1. The lowest BCUT2D eigenvalue weighted by atomic mass is 10.1. The lowest BCUT2D eigenvalue weighted by Crippen LogP contribution is -2.15. The molecule has 0 saturated heterocycles. The minimum atomic E-state index is -3.91. The molecule has 0 aliphatic carbocycles. The quantitative estimate of drug-likeness (QED) is 0.763. The molecule has 0 bridgehead atoms. The first-order chi connectivity index (χ1) is 6.90. The molecule has 0 unspecified atom stereocenters. The Balaban J connectivity index is 3.60. The first-order valence-corrected chi connectivity index (χ1v) is 5.61. The fraction of sp³-hybridized carbons (Fsp3) is 0.222. The summed E-state index contributed by atoms with van der Waals surface area (Å²) >= 11 is 0. The summed E-state index contributed by atoms with van der Waals surface area (Å²) in [5.41, 5.74) is 0.576. The lowest BCUT2D eigenvalue weighted by molar-refractivity contribution is 0.112. The maximum atomic E-state index is 11.2. The number of aryl methyl sites for hydroxylation is 1. The number of carbonyl (C=O) groups is 1. The Labute approximate surface area is 87.9 Å². The van der Waals surface area contributed by atoms with E-state index < -0.39 is 10.0 Å². The van der Waals surface area contributed by atoms with Crippen molar-refractivity contribution in [2.24, 2.45) is 5.14 Å². The summed E-state index contributed by atoms with van der Waals surface area (Å²) in [5, 5.41) is 4.98. The molecule has 0 aromatic heterocycles. The van der Waals surface area contributed by atoms with Crippen LogP contribution in [0.15, 0.2) is 17.0 Å². The maximum absolute atomic E-state index is 11.2. The summed E-state index contributed by atoms with van der Waals surface area (Å²) in [5.74, 6) is 0.349. The van der Waals surface area contributed by atoms with Crippen LogP contribution in [-0.2, 0) is 10.0 Å². The molecular formula is C9H11NO4S. The van der Waals surface area contributed by atoms with Gasteiger partial charge in [-0.05, 0) is 18.6 Å². The van der Waals surface area contributed by atoms with Crippen LogP contribution in [0.4, 0.5) is 0 Å². The number of primary sulfonamides is 1. The van der Waals surface area contributed by atoms with Crippen molar-refractivity contribution in [3.05, 3.63) is 23.3 Å². The van der Waals surface area contributed by atoms with E-state index in [0.29, 0.717) is 17.6 Å². The second kappa shape index (κ2) is 4.00. The molecule has 5 nitrogen and oxygen atoms in total. The van der Waals surface area contributed by atoms with Crippen molar-refractivity contribution >= 4 is 16.3 Å². The highest BCUT2D eigenvalue weighted by atomic mass is 32.2. The number of aldehydes is 1. The Morgan fingerprint density at radius 2 is 2.00 bits per heavy atom. The predicted molar refractivity (Wildman–Crippen MR) is 54.5 cm³/mol. The van der Waals surface area contributed by atoms with E-state index in [2.05, 4.69) is 0 Å². The summed E-state index contributed by atoms with van der Waals surface area (Å²) in [7, 11) is -2.51. The summed E-state index contributed by atoms with van der Waals surface area (Å²) < 4.78 is 27.3. The zero-order chi connectivity index (χ0) is 11.6. The fourth-order valence-corrected chi connectivity index (χ4v) is 2.03. The third kappa shape index (κ3) is 2.34. The maximum Gasteiger partial charge on any atom is 0.238 e. The second-order valence-electron chi connectivity index (χ2n) is 3.02. The minimum Gasteiger partial charge on any atom is -0.497 e. The molecule has 1 aromatic carbocycles. The van der Waals surface area contributed by atoms with E-state index in [1.54, 1.807) is 13.0 Å². The Kier molecular flexibility index (Phi) is 3.11. The van der Waals surface area contributed by atoms with Crippen LogP contribution in [0.2, 0.25) is 0 Å². The number of hydrogen-bond acceptors (Lipinski definition) is 4. The normalized spacial score (nSPS) is 11.1. The number of benzene rings is 1. The number of methoxy groups -OCH3 is 1. The minimum absolute atomic E-state index is 0.0679. The highest BCUT2D eigenvalue weighted by molar-refractivity contribution is 7.89. The smallest absolute Gasteiger partial charge is 0.238 e. The Bertz CT molecular complexity index is 493. The van der Waals surface area contributed by atoms with Gasteiger partial charge in [0.1, 0.15) is 5.75 Å². The molecule has 0 atom stereocenters. The summed E-state index contributed by atoms with van der Waals surface area (Å²) in [6.45, 7) is 1.61. The van der Waals surface area contributed by atoms with Gasteiger partial charge in [-0.25, -0.2) is 13.6 Å². The van der Waals surface area contributed by atoms with E-state index in [4.69, 9.17) is 9.88 Å². The van der Waals surface area contributed by atoms with Crippen molar-refractivity contribution in [2.75, 3.05) is 7.11 Å². The summed E-state index contributed by atoms with van der Waals surface area (Å²) in [4.78, 5) is 10.5. The van der Waals surface area contributed by atoms with Crippen molar-refractivity contribution in [3.63, 3.8) is 0 Å². The number of hydrogen-bond donors (Lipinski definition) is 1. The van der Waals surface area contributed by atoms with E-state index in [0.717, 1.165) is 0 Å². The molecule has 0 spiro atoms. The van der Waals surface area contributed by atoms with Gasteiger partial charge in [0.05, 0.1) is 12.0 Å². The van der Waals surface area contributed by atoms with Gasteiger partial charge >= 0.3 is 0 Å². The second-order valence-corrected chi connectivity index (χ2v) is 4.55. The monoisotopic (exact) mass is 229 g/mol. The number of rotatable bonds is 3. The van der Waals surface area contributed by atoms with Gasteiger partial charge in [-0.1, -0.05) is 0 Å². The molecule has 0 aliphatic rings. The molecule has 0 aliphatic heterocycles. The number of ether oxygens (including phenoxy) is 1. The first-order valence-electron chi connectivity index (χ1n) is 4.06. The fourth-order valence-electron chi connectivity index (χ4n) is 1.24. The highest BCUT2D eigenvalue weighted by Gasteiger charge is 2.17. The molecule has 6 heteroatoms. The molecule has 0 amide bonds. The molecule has 15 heavy (non-hydrogen) atoms. The Morgan fingerprint density at radius 3 is 2.40 bits per heavy atom. The van der Waals surface area contributed by atoms with E-state index in [1.807, 2.05) is 0 Å². The van der Waals surface area contributed by atoms with Crippen LogP contribution in [0.1, 0.15) is 15.9 Å². The van der Waals surface area contributed by atoms with Gasteiger partial charge in [0.15, 0.2) is 6.29 Å². The van der Waals surface area contributed by atoms with Crippen LogP contribution < -0.4 is 9.88 Å². The molecule has 0 heterocycles. The third-order valence-electron chi connectivity index (χ3n) is 1.98. The van der Waals surface area contributed by atoms with Crippen LogP contribution in [0.3, 0.4) is 0 Å². The zero-order valence-electron chi connectivity index (χ0n) is 8.35. The number of carbonyl (C=O) groups excluding carboxylic acids is 1. The van der Waals surface area contributed by atoms with Crippen molar-refractivity contribution < 1.29 is 17.9 Å². The average molecular weight is 229 g/mol. The Hall–Kier alpha value is -1.40. The molecule has 1 rings (SSSR count). The van der Waals surface area contributed by atoms with Gasteiger partial charge in [-0.3, -0.25) is 4.79 Å². The van der Waals surface area contributed by atoms with Crippen molar-refractivity contribution in [1.82, 2.24) is 0 Å². The van der Waals surface area contributed by atoms with E-state index in [9.17, 15) is 13.2 Å². The highest BCUT2D eigenvalue weighted by Crippen LogP contribution is 2.23. The zero-order valence-corrected chi connectivity index (χ0v) is 9.17. The first kappa shape index (κ1) is 11.7. The molecule has 2 N–H and O–H groups in total. The van der Waals surface area contributed by atoms with Crippen LogP contribution in [0, 0.1) is 6.92 Å². The molecular weight excluding hydrogens is 218 g/mol. The largest absolute Gasteiger partial charge is 0.497 e. The van der Waals surface area contributed by atoms with Crippen molar-refractivity contribution in [3.8, 4) is 5.75 Å². The van der Waals surface area contributed by atoms with E-state index in [-0.39, 0.29) is 10.5 Å². The lowest BCUT2D eigenvalue weighted by Gasteiger charge is -2.08. The summed E-state index contributed by atoms with van der Waals surface area (Å²) in [6, 6.07) is 2.80. The molecule has 0 radical (unpaired) electrons. The SMILES string of the molecule is COc1cc(C)c(C=O)c(S(N)(=O)=O)c1. The van der Waals surface area contributed by atoms with Gasteiger partial charge in [0.2, 0.25) is 10.0 Å². The van der Waals surface area contributed by atoms with Crippen LogP contribution in [0.5, 0.6) is 5.75 Å². The molecule has 0 saturated carbocycles. The standard InChI is InChI=1S/C9H11NO4S/c1-6-3-7(14-2)4-9(8(6)5-11)15(10,12)13/h3-5H,1-2H3,(H2,10,12,13).